The van der Waals surface area contributed by atoms with Crippen molar-refractivity contribution in [2.45, 2.75) is 38.5 Å². The van der Waals surface area contributed by atoms with E-state index in [9.17, 15) is 0 Å². The Labute approximate surface area is 441 Å². The molecule has 0 aliphatic carbocycles. The van der Waals surface area contributed by atoms with Gasteiger partial charge in [-0.25, -0.2) is 0 Å². The maximum absolute atomic E-state index is 2.45. The molecule has 2 aliphatic rings. The largest absolute Gasteiger partial charge is 0.311 e. The maximum atomic E-state index is 2.45. The molecule has 0 fully saturated rings. The monoisotopic (exact) mass is 963 g/mol. The van der Waals surface area contributed by atoms with Crippen LogP contribution in [0, 0.1) is 27.7 Å². The minimum Gasteiger partial charge on any atom is -0.311 e. The zero-order chi connectivity index (χ0) is 50.7. The highest BCUT2D eigenvalue weighted by Crippen LogP contribution is 2.60. The van der Waals surface area contributed by atoms with E-state index in [1.165, 1.54) is 89.5 Å². The van der Waals surface area contributed by atoms with E-state index < -0.39 is 10.8 Å². The van der Waals surface area contributed by atoms with Gasteiger partial charge in [0.05, 0.1) is 33.6 Å². The Morgan fingerprint density at radius 2 is 0.560 bits per heavy atom. The molecule has 0 saturated carbocycles. The van der Waals surface area contributed by atoms with Gasteiger partial charge in [-0.1, -0.05) is 210 Å². The zero-order valence-corrected chi connectivity index (χ0v) is 42.8. The molecule has 0 saturated heterocycles. The third-order valence-corrected chi connectivity index (χ3v) is 15.8. The van der Waals surface area contributed by atoms with Gasteiger partial charge in [0.1, 0.15) is 0 Å². The number of anilines is 9. The lowest BCUT2D eigenvalue weighted by molar-refractivity contribution is 0.730. The number of para-hydroxylation sites is 3. The van der Waals surface area contributed by atoms with E-state index >= 15 is 0 Å². The van der Waals surface area contributed by atoms with Crippen LogP contribution in [0.2, 0.25) is 0 Å². The van der Waals surface area contributed by atoms with Crippen molar-refractivity contribution in [2.24, 2.45) is 0 Å². The molecule has 11 aromatic carbocycles. The Balaban J connectivity index is 0.978. The van der Waals surface area contributed by atoms with Crippen LogP contribution in [0.4, 0.5) is 51.2 Å². The highest BCUT2D eigenvalue weighted by Gasteiger charge is 2.48. The molecular formula is C72H57N3. The highest BCUT2D eigenvalue weighted by molar-refractivity contribution is 5.92. The summed E-state index contributed by atoms with van der Waals surface area (Å²) >= 11 is 0. The first-order valence-electron chi connectivity index (χ1n) is 26.2. The van der Waals surface area contributed by atoms with E-state index in [1.54, 1.807) is 0 Å². The van der Waals surface area contributed by atoms with Crippen LogP contribution in [0.3, 0.4) is 0 Å². The summed E-state index contributed by atoms with van der Waals surface area (Å²) in [6.45, 7) is 8.74. The number of rotatable bonds is 9. The van der Waals surface area contributed by atoms with Crippen LogP contribution >= 0.6 is 0 Å². The molecule has 0 amide bonds. The molecule has 2 atom stereocenters. The third-order valence-electron chi connectivity index (χ3n) is 15.8. The molecule has 13 rings (SSSR count). The van der Waals surface area contributed by atoms with Crippen molar-refractivity contribution in [3.8, 4) is 0 Å². The highest BCUT2D eigenvalue weighted by atomic mass is 15.2. The van der Waals surface area contributed by atoms with Gasteiger partial charge in [-0.2, -0.15) is 0 Å². The van der Waals surface area contributed by atoms with Crippen molar-refractivity contribution in [3.05, 3.63) is 340 Å². The number of hydrogen-bond donors (Lipinski definition) is 0. The second-order valence-corrected chi connectivity index (χ2v) is 20.4. The fraction of sp³-hybridized carbons (Fsp3) is 0.0833. The normalized spacial score (nSPS) is 16.3. The summed E-state index contributed by atoms with van der Waals surface area (Å²) in [5.41, 5.74) is 23.8. The predicted molar refractivity (Wildman–Crippen MR) is 313 cm³/mol. The number of benzene rings is 11. The minimum absolute atomic E-state index is 0.621. The molecule has 75 heavy (non-hydrogen) atoms. The molecule has 0 N–H and O–H groups in total. The molecule has 3 nitrogen and oxygen atoms in total. The second kappa shape index (κ2) is 18.4. The molecule has 0 aromatic heterocycles. The van der Waals surface area contributed by atoms with Crippen LogP contribution < -0.4 is 14.7 Å². The first-order chi connectivity index (χ1) is 36.8. The number of hydrogen-bond acceptors (Lipinski definition) is 3. The minimum atomic E-state index is -0.621. The number of aryl methyl sites for hydroxylation is 4. The molecule has 0 radical (unpaired) electrons. The average molecular weight is 964 g/mol. The summed E-state index contributed by atoms with van der Waals surface area (Å²) in [6.07, 6.45) is 0. The molecule has 0 spiro atoms. The van der Waals surface area contributed by atoms with Crippen molar-refractivity contribution in [1.82, 2.24) is 0 Å². The first-order valence-corrected chi connectivity index (χ1v) is 26.2. The van der Waals surface area contributed by atoms with E-state index in [1.807, 2.05) is 0 Å². The molecule has 2 aliphatic heterocycles. The van der Waals surface area contributed by atoms with E-state index in [0.29, 0.717) is 0 Å². The Morgan fingerprint density at radius 1 is 0.253 bits per heavy atom. The van der Waals surface area contributed by atoms with Gasteiger partial charge >= 0.3 is 0 Å². The standard InChI is InChI=1S/C72H57N3/c1-50-28-38-61(39-29-50)74-67-26-16-14-24-63(67)71(54-18-8-5-9-19-54,65-48-52(3)32-46-69(65)74)56-34-42-59(43-35-56)73(58-22-12-7-13-23-58)60-44-36-57(37-45-60)72(55-20-10-6-11-21-55)64-25-15-17-27-68(64)75(62-40-30-51(2)31-41-62)70-47-33-53(4)49-66(70)72/h5-49H,1-4H3. The van der Waals surface area contributed by atoms with E-state index in [2.05, 4.69) is 315 Å². The fourth-order valence-corrected chi connectivity index (χ4v) is 12.5. The van der Waals surface area contributed by atoms with Gasteiger partial charge in [-0.05, 0) is 157 Å². The van der Waals surface area contributed by atoms with Gasteiger partial charge < -0.3 is 14.7 Å². The number of nitrogens with zero attached hydrogens (tertiary/aromatic N) is 3. The predicted octanol–water partition coefficient (Wildman–Crippen LogP) is 18.7. The summed E-state index contributed by atoms with van der Waals surface area (Å²) in [4.78, 5) is 7.30. The molecular weight excluding hydrogens is 907 g/mol. The van der Waals surface area contributed by atoms with Gasteiger partial charge in [-0.15, -0.1) is 0 Å². The van der Waals surface area contributed by atoms with E-state index in [-0.39, 0.29) is 0 Å². The summed E-state index contributed by atoms with van der Waals surface area (Å²) in [6, 6.07) is 102. The lowest BCUT2D eigenvalue weighted by atomic mass is 9.62. The Kier molecular flexibility index (Phi) is 11.2. The van der Waals surface area contributed by atoms with Gasteiger partial charge in [0, 0.05) is 28.4 Å². The lowest BCUT2D eigenvalue weighted by Gasteiger charge is -2.47. The molecule has 2 heterocycles. The summed E-state index contributed by atoms with van der Waals surface area (Å²) in [7, 11) is 0. The molecule has 360 valence electrons. The first kappa shape index (κ1) is 45.7. The van der Waals surface area contributed by atoms with E-state index in [0.717, 1.165) is 28.4 Å². The zero-order valence-electron chi connectivity index (χ0n) is 42.8. The quantitative estimate of drug-likeness (QED) is 0.143. The van der Waals surface area contributed by atoms with Crippen molar-refractivity contribution in [3.63, 3.8) is 0 Å². The van der Waals surface area contributed by atoms with Crippen LogP contribution in [0.15, 0.2) is 273 Å². The summed E-state index contributed by atoms with van der Waals surface area (Å²) < 4.78 is 0. The van der Waals surface area contributed by atoms with E-state index in [4.69, 9.17) is 0 Å². The molecule has 2 unspecified atom stereocenters. The Morgan fingerprint density at radius 3 is 0.960 bits per heavy atom. The molecule has 3 heteroatoms. The lowest BCUT2D eigenvalue weighted by Crippen LogP contribution is -2.38. The van der Waals surface area contributed by atoms with Gasteiger partial charge in [-0.3, -0.25) is 0 Å². The van der Waals surface area contributed by atoms with Crippen LogP contribution in [-0.4, -0.2) is 0 Å². The fourth-order valence-electron chi connectivity index (χ4n) is 12.5. The van der Waals surface area contributed by atoms with Gasteiger partial charge in [0.2, 0.25) is 0 Å². The third kappa shape index (κ3) is 7.33. The van der Waals surface area contributed by atoms with Crippen LogP contribution in [0.5, 0.6) is 0 Å². The van der Waals surface area contributed by atoms with Crippen LogP contribution in [0.1, 0.15) is 66.8 Å². The van der Waals surface area contributed by atoms with Crippen molar-refractivity contribution in [2.75, 3.05) is 14.7 Å². The Hall–Kier alpha value is -9.18. The smallest absolute Gasteiger partial charge is 0.0742 e. The summed E-state index contributed by atoms with van der Waals surface area (Å²) in [5.74, 6) is 0. The Bertz CT molecular complexity index is 3610. The van der Waals surface area contributed by atoms with Crippen molar-refractivity contribution >= 4 is 51.2 Å². The second-order valence-electron chi connectivity index (χ2n) is 20.4. The number of fused-ring (bicyclic) bond motifs is 4. The average Bonchev–Trinajstić information content (AvgIpc) is 3.57. The van der Waals surface area contributed by atoms with Gasteiger partial charge in [0.15, 0.2) is 0 Å². The maximum Gasteiger partial charge on any atom is 0.0742 e. The van der Waals surface area contributed by atoms with Crippen LogP contribution in [0.25, 0.3) is 0 Å². The molecule has 11 aromatic rings. The SMILES string of the molecule is Cc1ccc(N2c3ccccc3C(c3ccccc3)(c3ccc(N(c4ccccc4)c4ccc(C5(c6ccccc6)c6ccccc6N(c6ccc(C)cc6)c6ccc(C)cc65)cc4)cc3)c3cc(C)ccc32)cc1. The van der Waals surface area contributed by atoms with Crippen molar-refractivity contribution in [1.29, 1.82) is 0 Å². The summed E-state index contributed by atoms with van der Waals surface area (Å²) in [5, 5.41) is 0. The van der Waals surface area contributed by atoms with Crippen LogP contribution in [-0.2, 0) is 10.8 Å². The van der Waals surface area contributed by atoms with Crippen molar-refractivity contribution < 1.29 is 0 Å². The topological polar surface area (TPSA) is 9.72 Å². The van der Waals surface area contributed by atoms with Gasteiger partial charge in [0.25, 0.3) is 0 Å². The molecule has 0 bridgehead atoms.